The number of pyridine rings is 1. The molecule has 2 aliphatic rings. The van der Waals surface area contributed by atoms with Gasteiger partial charge < -0.3 is 10.0 Å². The van der Waals surface area contributed by atoms with Gasteiger partial charge in [0.1, 0.15) is 6.04 Å². The van der Waals surface area contributed by atoms with Crippen LogP contribution in [0.5, 0.6) is 0 Å². The maximum absolute atomic E-state index is 12.7. The van der Waals surface area contributed by atoms with Crippen molar-refractivity contribution in [1.29, 1.82) is 0 Å². The first-order valence-corrected chi connectivity index (χ1v) is 8.20. The minimum Gasteiger partial charge on any atom is -0.387 e. The lowest BCUT2D eigenvalue weighted by atomic mass is 9.85. The number of rotatable bonds is 3. The highest BCUT2D eigenvalue weighted by Gasteiger charge is 2.64. The summed E-state index contributed by atoms with van der Waals surface area (Å²) in [4.78, 5) is 18.5. The van der Waals surface area contributed by atoms with Crippen molar-refractivity contribution in [2.45, 2.75) is 36.1 Å². The Morgan fingerprint density at radius 3 is 2.96 bits per heavy atom. The molecule has 4 rings (SSSR count). The number of nitrogens with zero attached hydrogens (tertiary/aromatic N) is 5. The molecule has 2 aromatic heterocycles. The van der Waals surface area contributed by atoms with E-state index in [2.05, 4.69) is 39.5 Å². The second kappa shape index (κ2) is 5.00. The number of tetrazole rings is 1. The Balaban J connectivity index is 1.63. The van der Waals surface area contributed by atoms with Gasteiger partial charge in [-0.15, -0.1) is 22.0 Å². The van der Waals surface area contributed by atoms with Crippen LogP contribution in [-0.4, -0.2) is 51.6 Å². The van der Waals surface area contributed by atoms with Crippen molar-refractivity contribution >= 4 is 17.7 Å². The molecule has 2 N–H and O–H groups in total. The van der Waals surface area contributed by atoms with Crippen LogP contribution < -0.4 is 0 Å². The van der Waals surface area contributed by atoms with E-state index in [0.29, 0.717) is 11.4 Å². The first kappa shape index (κ1) is 14.6. The van der Waals surface area contributed by atoms with Crippen LogP contribution in [0, 0.1) is 5.92 Å². The van der Waals surface area contributed by atoms with Gasteiger partial charge in [0.15, 0.2) is 5.82 Å². The Bertz CT molecular complexity index is 722. The number of carbonyl (C=O) groups is 1. The van der Waals surface area contributed by atoms with Crippen LogP contribution in [0.4, 0.5) is 0 Å². The number of nitrogens with one attached hydrogen (secondary N) is 1. The van der Waals surface area contributed by atoms with Gasteiger partial charge >= 0.3 is 0 Å². The number of carbonyl (C=O) groups excluding carboxylic acids is 1. The van der Waals surface area contributed by atoms with E-state index in [4.69, 9.17) is 0 Å². The predicted octanol–water partition coefficient (Wildman–Crippen LogP) is 0.679. The topological polar surface area (TPSA) is 108 Å². The number of aliphatic hydroxyl groups is 1. The van der Waals surface area contributed by atoms with Crippen molar-refractivity contribution in [3.63, 3.8) is 0 Å². The van der Waals surface area contributed by atoms with Crippen LogP contribution in [0.25, 0.3) is 0 Å². The zero-order valence-corrected chi connectivity index (χ0v) is 13.4. The summed E-state index contributed by atoms with van der Waals surface area (Å²) in [5.41, 5.74) is 0.659. The van der Waals surface area contributed by atoms with Gasteiger partial charge in [0.05, 0.1) is 17.4 Å². The zero-order valence-electron chi connectivity index (χ0n) is 12.6. The maximum Gasteiger partial charge on any atom is 0.233 e. The van der Waals surface area contributed by atoms with E-state index in [9.17, 15) is 9.90 Å². The molecular formula is C14H16N6O2S. The van der Waals surface area contributed by atoms with Crippen molar-refractivity contribution in [3.05, 3.63) is 35.9 Å². The third-order valence-electron chi connectivity index (χ3n) is 4.45. The molecule has 2 fully saturated rings. The Kier molecular flexibility index (Phi) is 3.17. The number of aliphatic hydroxyl groups excluding tert-OH is 1. The van der Waals surface area contributed by atoms with Crippen LogP contribution in [0.3, 0.4) is 0 Å². The number of thioether (sulfide) groups is 1. The molecule has 120 valence electrons. The number of aromatic nitrogens is 5. The molecule has 0 spiro atoms. The SMILES string of the molecule is CC1(C)S[C@@H]2[C@@H](C(O)c3cccnc3)C(=O)N2[C@H]1c1nn[nH]n1. The molecule has 2 aliphatic heterocycles. The first-order chi connectivity index (χ1) is 11.0. The highest BCUT2D eigenvalue weighted by atomic mass is 32.2. The molecule has 0 aromatic carbocycles. The van der Waals surface area contributed by atoms with Gasteiger partial charge in [-0.05, 0) is 25.5 Å². The third kappa shape index (κ3) is 2.07. The summed E-state index contributed by atoms with van der Waals surface area (Å²) in [6.45, 7) is 4.11. The monoisotopic (exact) mass is 332 g/mol. The average Bonchev–Trinajstić information content (AvgIpc) is 3.12. The molecule has 0 bridgehead atoms. The molecular weight excluding hydrogens is 316 g/mol. The maximum atomic E-state index is 12.7. The molecule has 2 saturated heterocycles. The van der Waals surface area contributed by atoms with E-state index in [0.717, 1.165) is 0 Å². The van der Waals surface area contributed by atoms with E-state index < -0.39 is 12.0 Å². The minimum atomic E-state index is -0.857. The summed E-state index contributed by atoms with van der Waals surface area (Å²) in [6.07, 6.45) is 2.39. The number of hydrogen-bond donors (Lipinski definition) is 2. The average molecular weight is 332 g/mol. The van der Waals surface area contributed by atoms with Crippen molar-refractivity contribution < 1.29 is 9.90 Å². The Morgan fingerprint density at radius 1 is 1.48 bits per heavy atom. The van der Waals surface area contributed by atoms with E-state index in [1.165, 1.54) is 0 Å². The highest BCUT2D eigenvalue weighted by Crippen LogP contribution is 2.60. The van der Waals surface area contributed by atoms with Gasteiger partial charge in [0.2, 0.25) is 5.91 Å². The first-order valence-electron chi connectivity index (χ1n) is 7.32. The number of β-lactam (4-membered cyclic amide) rings is 1. The molecule has 9 heteroatoms. The Hall–Kier alpha value is -2.00. The molecule has 1 unspecified atom stereocenters. The highest BCUT2D eigenvalue weighted by molar-refractivity contribution is 8.01. The number of aromatic amines is 1. The fourth-order valence-corrected chi connectivity index (χ4v) is 5.12. The van der Waals surface area contributed by atoms with E-state index in [1.54, 1.807) is 41.2 Å². The molecule has 23 heavy (non-hydrogen) atoms. The van der Waals surface area contributed by atoms with Crippen LogP contribution in [0.2, 0.25) is 0 Å². The lowest BCUT2D eigenvalue weighted by molar-refractivity contribution is -0.161. The molecule has 0 aliphatic carbocycles. The van der Waals surface area contributed by atoms with Gasteiger partial charge in [-0.1, -0.05) is 11.3 Å². The summed E-state index contributed by atoms with van der Waals surface area (Å²) in [5, 5.41) is 24.6. The summed E-state index contributed by atoms with van der Waals surface area (Å²) in [5.74, 6) is -0.0488. The third-order valence-corrected chi connectivity index (χ3v) is 6.05. The molecule has 0 radical (unpaired) electrons. The Morgan fingerprint density at radius 2 is 2.30 bits per heavy atom. The van der Waals surface area contributed by atoms with E-state index in [-0.39, 0.29) is 22.1 Å². The van der Waals surface area contributed by atoms with Crippen molar-refractivity contribution in [2.24, 2.45) is 5.92 Å². The fourth-order valence-electron chi connectivity index (χ4n) is 3.40. The van der Waals surface area contributed by atoms with Crippen molar-refractivity contribution in [2.75, 3.05) is 0 Å². The summed E-state index contributed by atoms with van der Waals surface area (Å²) in [6, 6.07) is 3.30. The normalized spacial score (nSPS) is 30.0. The lowest BCUT2D eigenvalue weighted by Crippen LogP contribution is -2.59. The van der Waals surface area contributed by atoms with Gasteiger partial charge in [-0.3, -0.25) is 9.78 Å². The summed E-state index contributed by atoms with van der Waals surface area (Å²) in [7, 11) is 0. The number of fused-ring (bicyclic) bond motifs is 1. The fraction of sp³-hybridized carbons (Fsp3) is 0.500. The Labute approximate surface area is 136 Å². The largest absolute Gasteiger partial charge is 0.387 e. The van der Waals surface area contributed by atoms with E-state index >= 15 is 0 Å². The number of amides is 1. The van der Waals surface area contributed by atoms with Crippen molar-refractivity contribution in [3.8, 4) is 0 Å². The van der Waals surface area contributed by atoms with Gasteiger partial charge in [0, 0.05) is 17.1 Å². The van der Waals surface area contributed by atoms with Gasteiger partial charge in [-0.25, -0.2) is 0 Å². The molecule has 4 heterocycles. The lowest BCUT2D eigenvalue weighted by Gasteiger charge is -2.45. The van der Waals surface area contributed by atoms with Gasteiger partial charge in [-0.2, -0.15) is 5.21 Å². The van der Waals surface area contributed by atoms with Crippen LogP contribution in [0.15, 0.2) is 24.5 Å². The molecule has 1 amide bonds. The summed E-state index contributed by atoms with van der Waals surface area (Å²) < 4.78 is -0.256. The second-order valence-electron chi connectivity index (χ2n) is 6.29. The number of hydrogen-bond acceptors (Lipinski definition) is 7. The molecule has 0 saturated carbocycles. The second-order valence-corrected chi connectivity index (χ2v) is 8.06. The molecule has 2 aromatic rings. The standard InChI is InChI=1S/C14H16N6O2S/c1-14(2)10(11-16-18-19-17-11)20-12(22)8(13(20)23-14)9(21)7-4-3-5-15-6-7/h3-6,8-10,13,21H,1-2H3,(H,16,17,18,19)/t8-,9?,10-,13+/m0/s1. The summed E-state index contributed by atoms with van der Waals surface area (Å²) >= 11 is 1.66. The van der Waals surface area contributed by atoms with Crippen LogP contribution >= 0.6 is 11.8 Å². The van der Waals surface area contributed by atoms with Crippen LogP contribution in [0.1, 0.15) is 37.4 Å². The minimum absolute atomic E-state index is 0.0840. The van der Waals surface area contributed by atoms with Crippen molar-refractivity contribution in [1.82, 2.24) is 30.5 Å². The van der Waals surface area contributed by atoms with E-state index in [1.807, 2.05) is 0 Å². The predicted molar refractivity (Wildman–Crippen MR) is 81.9 cm³/mol. The van der Waals surface area contributed by atoms with Crippen LogP contribution in [-0.2, 0) is 4.79 Å². The molecule has 4 atom stereocenters. The number of H-pyrrole nitrogens is 1. The quantitative estimate of drug-likeness (QED) is 0.796. The van der Waals surface area contributed by atoms with Gasteiger partial charge in [0.25, 0.3) is 0 Å². The zero-order chi connectivity index (χ0) is 16.2. The molecule has 8 nitrogen and oxygen atoms in total. The smallest absolute Gasteiger partial charge is 0.233 e.